The first-order valence-electron chi connectivity index (χ1n) is 6.78. The number of hydrogen-bond donors (Lipinski definition) is 2. The van der Waals surface area contributed by atoms with Gasteiger partial charge >= 0.3 is 0 Å². The molecule has 0 aromatic heterocycles. The van der Waals surface area contributed by atoms with Gasteiger partial charge in [0.05, 0.1) is 5.41 Å². The number of piperidine rings is 1. The second-order valence-electron chi connectivity index (χ2n) is 5.65. The van der Waals surface area contributed by atoms with Crippen LogP contribution in [0.2, 0.25) is 0 Å². The highest BCUT2D eigenvalue weighted by Gasteiger charge is 2.31. The zero-order valence-electron chi connectivity index (χ0n) is 11.5. The minimum atomic E-state index is -0.513. The van der Waals surface area contributed by atoms with Gasteiger partial charge in [-0.25, -0.2) is 0 Å². The Bertz CT molecular complexity index is 453. The molecule has 19 heavy (non-hydrogen) atoms. The van der Waals surface area contributed by atoms with Gasteiger partial charge in [-0.2, -0.15) is 0 Å². The Balaban J connectivity index is 2.07. The molecule has 0 aliphatic carbocycles. The van der Waals surface area contributed by atoms with Crippen LogP contribution < -0.4 is 10.6 Å². The van der Waals surface area contributed by atoms with E-state index in [1.807, 2.05) is 38.1 Å². The van der Waals surface area contributed by atoms with Crippen LogP contribution in [-0.4, -0.2) is 25.0 Å². The Hall–Kier alpha value is -0.870. The molecule has 4 heteroatoms. The van der Waals surface area contributed by atoms with Gasteiger partial charge in [0.1, 0.15) is 0 Å². The first-order valence-corrected chi connectivity index (χ1v) is 7.57. The van der Waals surface area contributed by atoms with Crippen molar-refractivity contribution in [3.63, 3.8) is 0 Å². The molecule has 0 saturated carbocycles. The van der Waals surface area contributed by atoms with Crippen molar-refractivity contribution in [1.82, 2.24) is 10.6 Å². The van der Waals surface area contributed by atoms with Crippen molar-refractivity contribution in [2.75, 3.05) is 13.1 Å². The first kappa shape index (κ1) is 14.5. The van der Waals surface area contributed by atoms with Crippen LogP contribution >= 0.6 is 15.9 Å². The zero-order chi connectivity index (χ0) is 13.9. The fraction of sp³-hybridized carbons (Fsp3) is 0.533. The standard InChI is InChI=1S/C15H21BrN2O/c1-15(2,11-5-3-6-12(16)9-11)14(19)18-13-7-4-8-17-10-13/h3,5-6,9,13,17H,4,7-8,10H2,1-2H3,(H,18,19). The maximum atomic E-state index is 12.5. The number of benzene rings is 1. The van der Waals surface area contributed by atoms with Gasteiger partial charge in [-0.05, 0) is 50.9 Å². The molecule has 1 aromatic carbocycles. The second-order valence-corrected chi connectivity index (χ2v) is 6.57. The first-order chi connectivity index (χ1) is 9.00. The fourth-order valence-corrected chi connectivity index (χ4v) is 2.75. The van der Waals surface area contributed by atoms with Gasteiger partial charge in [0.25, 0.3) is 0 Å². The molecule has 0 radical (unpaired) electrons. The van der Waals surface area contributed by atoms with E-state index in [4.69, 9.17) is 0 Å². The van der Waals surface area contributed by atoms with Crippen molar-refractivity contribution in [2.45, 2.75) is 38.1 Å². The number of rotatable bonds is 3. The Morgan fingerprint density at radius 1 is 1.47 bits per heavy atom. The Morgan fingerprint density at radius 2 is 2.26 bits per heavy atom. The van der Waals surface area contributed by atoms with E-state index in [9.17, 15) is 4.79 Å². The van der Waals surface area contributed by atoms with E-state index >= 15 is 0 Å². The minimum absolute atomic E-state index is 0.0966. The Kier molecular flexibility index (Phi) is 4.63. The van der Waals surface area contributed by atoms with Gasteiger partial charge < -0.3 is 10.6 Å². The molecule has 2 N–H and O–H groups in total. The van der Waals surface area contributed by atoms with Gasteiger partial charge in [0.2, 0.25) is 5.91 Å². The topological polar surface area (TPSA) is 41.1 Å². The molecule has 1 saturated heterocycles. The average Bonchev–Trinajstić information content (AvgIpc) is 2.40. The van der Waals surface area contributed by atoms with Crippen LogP contribution in [0.4, 0.5) is 0 Å². The summed E-state index contributed by atoms with van der Waals surface area (Å²) in [6, 6.07) is 8.22. The summed E-state index contributed by atoms with van der Waals surface area (Å²) in [5.41, 5.74) is 0.518. The van der Waals surface area contributed by atoms with Crippen LogP contribution in [0.1, 0.15) is 32.3 Å². The average molecular weight is 325 g/mol. The summed E-state index contributed by atoms with van der Waals surface area (Å²) >= 11 is 3.46. The maximum absolute atomic E-state index is 12.5. The summed E-state index contributed by atoms with van der Waals surface area (Å²) in [5.74, 6) is 0.0966. The van der Waals surface area contributed by atoms with Crippen molar-refractivity contribution in [2.24, 2.45) is 0 Å². The van der Waals surface area contributed by atoms with Crippen LogP contribution in [0, 0.1) is 0 Å². The quantitative estimate of drug-likeness (QED) is 0.897. The summed E-state index contributed by atoms with van der Waals surface area (Å²) in [6.07, 6.45) is 2.19. The third-order valence-electron chi connectivity index (χ3n) is 3.75. The second kappa shape index (κ2) is 6.06. The predicted molar refractivity (Wildman–Crippen MR) is 81.2 cm³/mol. The molecule has 1 aromatic rings. The number of carbonyl (C=O) groups is 1. The van der Waals surface area contributed by atoms with Gasteiger partial charge in [-0.15, -0.1) is 0 Å². The normalized spacial score (nSPS) is 20.1. The van der Waals surface area contributed by atoms with Gasteiger partial charge in [0.15, 0.2) is 0 Å². The summed E-state index contributed by atoms with van der Waals surface area (Å²) in [5, 5.41) is 6.48. The van der Waals surface area contributed by atoms with Crippen molar-refractivity contribution >= 4 is 21.8 Å². The smallest absolute Gasteiger partial charge is 0.230 e. The van der Waals surface area contributed by atoms with Gasteiger partial charge in [-0.3, -0.25) is 4.79 Å². The highest BCUT2D eigenvalue weighted by atomic mass is 79.9. The molecule has 1 amide bonds. The molecule has 2 rings (SSSR count). The highest BCUT2D eigenvalue weighted by Crippen LogP contribution is 2.26. The third kappa shape index (κ3) is 3.57. The van der Waals surface area contributed by atoms with Crippen LogP contribution in [0.3, 0.4) is 0 Å². The molecular formula is C15H21BrN2O. The molecule has 3 nitrogen and oxygen atoms in total. The van der Waals surface area contributed by atoms with Crippen molar-refractivity contribution < 1.29 is 4.79 Å². The van der Waals surface area contributed by atoms with Crippen molar-refractivity contribution in [3.8, 4) is 0 Å². The molecule has 1 unspecified atom stereocenters. The largest absolute Gasteiger partial charge is 0.351 e. The molecule has 1 atom stereocenters. The number of hydrogen-bond acceptors (Lipinski definition) is 2. The number of nitrogens with one attached hydrogen (secondary N) is 2. The number of amides is 1. The predicted octanol–water partition coefficient (Wildman–Crippen LogP) is 2.59. The molecule has 1 aliphatic rings. The van der Waals surface area contributed by atoms with Crippen molar-refractivity contribution in [1.29, 1.82) is 0 Å². The summed E-state index contributed by atoms with van der Waals surface area (Å²) < 4.78 is 1.00. The maximum Gasteiger partial charge on any atom is 0.230 e. The van der Waals surface area contributed by atoms with Crippen molar-refractivity contribution in [3.05, 3.63) is 34.3 Å². The lowest BCUT2D eigenvalue weighted by Gasteiger charge is -2.30. The summed E-state index contributed by atoms with van der Waals surface area (Å²) in [4.78, 5) is 12.5. The van der Waals surface area contributed by atoms with E-state index in [-0.39, 0.29) is 11.9 Å². The summed E-state index contributed by atoms with van der Waals surface area (Å²) in [6.45, 7) is 5.88. The van der Waals surface area contributed by atoms with E-state index in [1.54, 1.807) is 0 Å². The molecule has 0 spiro atoms. The van der Waals surface area contributed by atoms with Gasteiger partial charge in [0, 0.05) is 17.1 Å². The van der Waals surface area contributed by atoms with E-state index in [0.717, 1.165) is 36.0 Å². The molecular weight excluding hydrogens is 304 g/mol. The Morgan fingerprint density at radius 3 is 2.89 bits per heavy atom. The molecule has 104 valence electrons. The van der Waals surface area contributed by atoms with E-state index in [0.29, 0.717) is 0 Å². The zero-order valence-corrected chi connectivity index (χ0v) is 13.1. The molecule has 1 heterocycles. The van der Waals surface area contributed by atoms with Crippen LogP contribution in [0.5, 0.6) is 0 Å². The lowest BCUT2D eigenvalue weighted by Crippen LogP contribution is -2.50. The van der Waals surface area contributed by atoms with E-state index in [2.05, 4.69) is 26.6 Å². The number of halogens is 1. The minimum Gasteiger partial charge on any atom is -0.351 e. The summed E-state index contributed by atoms with van der Waals surface area (Å²) in [7, 11) is 0. The van der Waals surface area contributed by atoms with Crippen LogP contribution in [0.25, 0.3) is 0 Å². The van der Waals surface area contributed by atoms with E-state index < -0.39 is 5.41 Å². The van der Waals surface area contributed by atoms with Gasteiger partial charge in [-0.1, -0.05) is 28.1 Å². The Labute approximate surface area is 123 Å². The lowest BCUT2D eigenvalue weighted by atomic mass is 9.83. The van der Waals surface area contributed by atoms with Crippen LogP contribution in [-0.2, 0) is 10.2 Å². The third-order valence-corrected chi connectivity index (χ3v) is 4.24. The molecule has 1 fully saturated rings. The molecule has 1 aliphatic heterocycles. The van der Waals surface area contributed by atoms with Crippen LogP contribution in [0.15, 0.2) is 28.7 Å². The monoisotopic (exact) mass is 324 g/mol. The molecule has 0 bridgehead atoms. The fourth-order valence-electron chi connectivity index (χ4n) is 2.35. The van der Waals surface area contributed by atoms with E-state index in [1.165, 1.54) is 0 Å². The highest BCUT2D eigenvalue weighted by molar-refractivity contribution is 9.10. The SMILES string of the molecule is CC(C)(C(=O)NC1CCCNC1)c1cccc(Br)c1. The lowest BCUT2D eigenvalue weighted by molar-refractivity contribution is -0.126. The number of carbonyl (C=O) groups excluding carboxylic acids is 1.